The third-order valence-corrected chi connectivity index (χ3v) is 8.23. The number of aryl methyl sites for hydroxylation is 1. The second-order valence-corrected chi connectivity index (χ2v) is 10.3. The third-order valence-electron chi connectivity index (χ3n) is 7.35. The van der Waals surface area contributed by atoms with Crippen molar-refractivity contribution in [2.75, 3.05) is 55.7 Å². The minimum Gasteiger partial charge on any atom is -0.494 e. The first-order chi connectivity index (χ1) is 16.3. The fourth-order valence-corrected chi connectivity index (χ4v) is 6.41. The number of anilines is 2. The van der Waals surface area contributed by atoms with E-state index >= 15 is 0 Å². The molecule has 1 fully saturated rings. The summed E-state index contributed by atoms with van der Waals surface area (Å²) < 4.78 is 7.51. The molecule has 3 aliphatic rings. The van der Waals surface area contributed by atoms with Crippen LogP contribution < -0.4 is 14.5 Å². The lowest BCUT2D eigenvalue weighted by Crippen LogP contribution is -2.46. The second kappa shape index (κ2) is 8.99. The van der Waals surface area contributed by atoms with Crippen molar-refractivity contribution < 1.29 is 9.53 Å². The van der Waals surface area contributed by atoms with E-state index in [1.54, 1.807) is 0 Å². The molecule has 4 heterocycles. The molecule has 3 aromatic rings. The van der Waals surface area contributed by atoms with Gasteiger partial charge in [0.15, 0.2) is 0 Å². The maximum absolute atomic E-state index is 12.1. The summed E-state index contributed by atoms with van der Waals surface area (Å²) in [5, 5.41) is 3.59. The Morgan fingerprint density at radius 2 is 1.76 bits per heavy atom. The van der Waals surface area contributed by atoms with Crippen LogP contribution in [0.2, 0.25) is 0 Å². The van der Waals surface area contributed by atoms with Crippen molar-refractivity contribution in [2.24, 2.45) is 0 Å². The van der Waals surface area contributed by atoms with Gasteiger partial charge in [-0.1, -0.05) is 6.07 Å². The van der Waals surface area contributed by atoms with Crippen molar-refractivity contribution in [1.29, 1.82) is 0 Å². The molecule has 0 spiro atoms. The summed E-state index contributed by atoms with van der Waals surface area (Å²) >= 11 is 1.83. The number of hydrogen-bond acceptors (Lipinski definition) is 5. The Morgan fingerprint density at radius 1 is 0.909 bits per heavy atom. The van der Waals surface area contributed by atoms with Crippen molar-refractivity contribution in [3.63, 3.8) is 0 Å². The Balaban J connectivity index is 0.955. The summed E-state index contributed by atoms with van der Waals surface area (Å²) in [6.07, 6.45) is 4.68. The number of carbonyl (C=O) groups excluding carboxylic acids is 1. The van der Waals surface area contributed by atoms with Crippen molar-refractivity contribution >= 4 is 38.7 Å². The van der Waals surface area contributed by atoms with E-state index in [0.717, 1.165) is 70.9 Å². The smallest absolute Gasteiger partial charge is 0.227 e. The van der Waals surface area contributed by atoms with Crippen molar-refractivity contribution in [3.05, 3.63) is 52.9 Å². The Kier molecular flexibility index (Phi) is 5.72. The molecule has 6 rings (SSSR count). The summed E-state index contributed by atoms with van der Waals surface area (Å²) in [6, 6.07) is 13.3. The molecule has 0 atom stereocenters. The van der Waals surface area contributed by atoms with Gasteiger partial charge in [-0.05, 0) is 79.1 Å². The van der Waals surface area contributed by atoms with Gasteiger partial charge in [-0.15, -0.1) is 11.3 Å². The molecule has 1 saturated heterocycles. The van der Waals surface area contributed by atoms with E-state index < -0.39 is 0 Å². The average Bonchev–Trinajstić information content (AvgIpc) is 3.50. The minimum atomic E-state index is 0.277. The average molecular weight is 462 g/mol. The number of fused-ring (bicyclic) bond motifs is 1. The number of ether oxygens (including phenoxy) is 1. The maximum atomic E-state index is 12.1. The topological polar surface area (TPSA) is 36.0 Å². The van der Waals surface area contributed by atoms with Gasteiger partial charge in [-0.3, -0.25) is 9.69 Å². The first-order valence-electron chi connectivity index (χ1n) is 12.3. The lowest BCUT2D eigenvalue weighted by molar-refractivity contribution is -0.118. The normalized spacial score (nSPS) is 18.2. The Bertz CT molecular complexity index is 1170. The summed E-state index contributed by atoms with van der Waals surface area (Å²) in [4.78, 5) is 19.2. The van der Waals surface area contributed by atoms with E-state index in [1.807, 2.05) is 16.2 Å². The highest BCUT2D eigenvalue weighted by molar-refractivity contribution is 7.17. The zero-order valence-electron chi connectivity index (χ0n) is 19.1. The minimum absolute atomic E-state index is 0.277. The molecular weight excluding hydrogens is 430 g/mol. The lowest BCUT2D eigenvalue weighted by Gasteiger charge is -2.36. The quantitative estimate of drug-likeness (QED) is 0.477. The van der Waals surface area contributed by atoms with Crippen LogP contribution in [0.25, 0.3) is 10.1 Å². The number of benzene rings is 2. The molecule has 6 heteroatoms. The van der Waals surface area contributed by atoms with Gasteiger partial charge < -0.3 is 14.5 Å². The fourth-order valence-electron chi connectivity index (χ4n) is 5.60. The molecule has 0 radical (unpaired) electrons. The fraction of sp³-hybridized carbons (Fsp3) is 0.444. The molecule has 1 amide bonds. The van der Waals surface area contributed by atoms with Crippen molar-refractivity contribution in [3.8, 4) is 5.75 Å². The van der Waals surface area contributed by atoms with Gasteiger partial charge in [0, 0.05) is 54.9 Å². The van der Waals surface area contributed by atoms with Crippen LogP contribution in [0.1, 0.15) is 30.4 Å². The van der Waals surface area contributed by atoms with Crippen LogP contribution in [0.3, 0.4) is 0 Å². The van der Waals surface area contributed by atoms with E-state index in [9.17, 15) is 4.79 Å². The lowest BCUT2D eigenvalue weighted by atomic mass is 9.99. The predicted molar refractivity (Wildman–Crippen MR) is 136 cm³/mol. The monoisotopic (exact) mass is 461 g/mol. The van der Waals surface area contributed by atoms with Crippen LogP contribution in [0.15, 0.2) is 41.8 Å². The Labute approximate surface area is 199 Å². The number of piperazine rings is 1. The Hall–Kier alpha value is -2.57. The van der Waals surface area contributed by atoms with Crippen molar-refractivity contribution in [1.82, 2.24) is 4.90 Å². The van der Waals surface area contributed by atoms with Crippen LogP contribution in [-0.2, 0) is 17.6 Å². The molecule has 0 unspecified atom stereocenters. The van der Waals surface area contributed by atoms with E-state index in [-0.39, 0.29) is 5.91 Å². The number of rotatable bonds is 7. The molecule has 3 aliphatic heterocycles. The highest BCUT2D eigenvalue weighted by Crippen LogP contribution is 2.39. The first kappa shape index (κ1) is 21.0. The molecule has 5 nitrogen and oxygen atoms in total. The highest BCUT2D eigenvalue weighted by atomic mass is 32.1. The van der Waals surface area contributed by atoms with Crippen LogP contribution in [0, 0.1) is 0 Å². The SMILES string of the molecule is O=C1CCc2cc(OCCCCN3CCN(c4cccc5sccc45)CC3)cc3c2N1CC3. The number of thiophene rings is 1. The molecule has 0 saturated carbocycles. The van der Waals surface area contributed by atoms with E-state index in [4.69, 9.17) is 4.74 Å². The summed E-state index contributed by atoms with van der Waals surface area (Å²) in [5.74, 6) is 1.26. The number of unbranched alkanes of at least 4 members (excludes halogenated alkanes) is 1. The van der Waals surface area contributed by atoms with Gasteiger partial charge in [0.2, 0.25) is 5.91 Å². The molecule has 172 valence electrons. The maximum Gasteiger partial charge on any atom is 0.227 e. The van der Waals surface area contributed by atoms with Crippen LogP contribution in [0.5, 0.6) is 5.75 Å². The summed E-state index contributed by atoms with van der Waals surface area (Å²) in [6.45, 7) is 7.20. The number of amides is 1. The van der Waals surface area contributed by atoms with E-state index in [0.29, 0.717) is 6.42 Å². The molecule has 0 aliphatic carbocycles. The molecule has 33 heavy (non-hydrogen) atoms. The third kappa shape index (κ3) is 4.11. The summed E-state index contributed by atoms with van der Waals surface area (Å²) in [5.41, 5.74) is 5.14. The second-order valence-electron chi connectivity index (χ2n) is 9.38. The number of carbonyl (C=O) groups is 1. The molecule has 0 bridgehead atoms. The molecule has 0 N–H and O–H groups in total. The van der Waals surface area contributed by atoms with Crippen LogP contribution in [0.4, 0.5) is 11.4 Å². The van der Waals surface area contributed by atoms with E-state index in [2.05, 4.69) is 51.6 Å². The van der Waals surface area contributed by atoms with Crippen LogP contribution in [-0.4, -0.2) is 56.7 Å². The standard InChI is InChI=1S/C27H31N3O2S/c31-26-7-6-20-18-22(19-21-8-11-30(26)27(20)21)32-16-2-1-10-28-12-14-29(15-13-28)24-4-3-5-25-23(24)9-17-33-25/h3-5,9,17-19H,1-2,6-8,10-16H2. The van der Waals surface area contributed by atoms with E-state index in [1.165, 1.54) is 39.0 Å². The highest BCUT2D eigenvalue weighted by Gasteiger charge is 2.31. The van der Waals surface area contributed by atoms with Gasteiger partial charge in [0.25, 0.3) is 0 Å². The summed E-state index contributed by atoms with van der Waals surface area (Å²) in [7, 11) is 0. The van der Waals surface area contributed by atoms with Gasteiger partial charge >= 0.3 is 0 Å². The zero-order chi connectivity index (χ0) is 22.2. The number of nitrogens with zero attached hydrogens (tertiary/aromatic N) is 3. The van der Waals surface area contributed by atoms with Crippen molar-refractivity contribution in [2.45, 2.75) is 32.1 Å². The van der Waals surface area contributed by atoms with Gasteiger partial charge in [-0.25, -0.2) is 0 Å². The molecule has 2 aromatic carbocycles. The zero-order valence-corrected chi connectivity index (χ0v) is 19.9. The first-order valence-corrected chi connectivity index (χ1v) is 13.2. The largest absolute Gasteiger partial charge is 0.494 e. The molecule has 1 aromatic heterocycles. The Morgan fingerprint density at radius 3 is 2.64 bits per heavy atom. The van der Waals surface area contributed by atoms with Gasteiger partial charge in [-0.2, -0.15) is 0 Å². The predicted octanol–water partition coefficient (Wildman–Crippen LogP) is 4.72. The van der Waals surface area contributed by atoms with Gasteiger partial charge in [0.1, 0.15) is 5.75 Å². The number of hydrogen-bond donors (Lipinski definition) is 0. The van der Waals surface area contributed by atoms with Gasteiger partial charge in [0.05, 0.1) is 12.3 Å². The molecular formula is C27H31N3O2S. The van der Waals surface area contributed by atoms with Crippen LogP contribution >= 0.6 is 11.3 Å².